The van der Waals surface area contributed by atoms with E-state index < -0.39 is 18.1 Å². The van der Waals surface area contributed by atoms with Crippen molar-refractivity contribution in [2.75, 3.05) is 16.8 Å². The van der Waals surface area contributed by atoms with E-state index in [0.717, 1.165) is 30.4 Å². The summed E-state index contributed by atoms with van der Waals surface area (Å²) in [7, 11) is 0. The van der Waals surface area contributed by atoms with E-state index in [1.54, 1.807) is 18.2 Å². The maximum Gasteiger partial charge on any atom is 0.321 e. The molecule has 1 aliphatic rings. The van der Waals surface area contributed by atoms with Crippen molar-refractivity contribution in [1.29, 1.82) is 0 Å². The predicted octanol–water partition coefficient (Wildman–Crippen LogP) is 6.55. The Morgan fingerprint density at radius 3 is 2.29 bits per heavy atom. The summed E-state index contributed by atoms with van der Waals surface area (Å²) in [6.45, 7) is 3.82. The van der Waals surface area contributed by atoms with Gasteiger partial charge in [-0.2, -0.15) is 0 Å². The third kappa shape index (κ3) is 6.47. The van der Waals surface area contributed by atoms with Crippen LogP contribution in [0, 0.1) is 6.92 Å². The number of aryl methyl sites for hydroxylation is 2. The number of urea groups is 1. The van der Waals surface area contributed by atoms with Crippen molar-refractivity contribution in [3.05, 3.63) is 131 Å². The van der Waals surface area contributed by atoms with Crippen LogP contribution in [0.3, 0.4) is 0 Å². The molecule has 42 heavy (non-hydrogen) atoms. The highest BCUT2D eigenvalue weighted by molar-refractivity contribution is 6.21. The van der Waals surface area contributed by atoms with Gasteiger partial charge in [-0.25, -0.2) is 9.79 Å². The molecule has 1 heterocycles. The highest BCUT2D eigenvalue weighted by atomic mass is 16.2. The fraction of sp³-hybridized carbons (Fsp3) is 0.200. The van der Waals surface area contributed by atoms with Gasteiger partial charge in [0.1, 0.15) is 0 Å². The number of ketones is 1. The van der Waals surface area contributed by atoms with Gasteiger partial charge in [-0.15, -0.1) is 0 Å². The van der Waals surface area contributed by atoms with Crippen LogP contribution in [-0.2, 0) is 11.2 Å². The third-order valence-corrected chi connectivity index (χ3v) is 7.30. The van der Waals surface area contributed by atoms with Crippen LogP contribution in [0.25, 0.3) is 0 Å². The van der Waals surface area contributed by atoms with Crippen LogP contribution in [0.4, 0.5) is 16.2 Å². The number of fused-ring (bicyclic) bond motifs is 1. The molecule has 0 fully saturated rings. The van der Waals surface area contributed by atoms with E-state index in [4.69, 9.17) is 4.99 Å². The van der Waals surface area contributed by atoms with Gasteiger partial charge in [0.15, 0.2) is 5.78 Å². The van der Waals surface area contributed by atoms with Gasteiger partial charge in [-0.1, -0.05) is 98.3 Å². The average molecular weight is 559 g/mol. The summed E-state index contributed by atoms with van der Waals surface area (Å²) >= 11 is 0. The van der Waals surface area contributed by atoms with E-state index in [1.807, 2.05) is 91.9 Å². The van der Waals surface area contributed by atoms with Gasteiger partial charge >= 0.3 is 6.03 Å². The molecule has 2 N–H and O–H groups in total. The summed E-state index contributed by atoms with van der Waals surface area (Å²) in [5, 5.41) is 5.58. The van der Waals surface area contributed by atoms with Crippen LogP contribution in [0.2, 0.25) is 0 Å². The van der Waals surface area contributed by atoms with Crippen LogP contribution in [0.1, 0.15) is 52.4 Å². The minimum atomic E-state index is -1.26. The molecule has 7 nitrogen and oxygen atoms in total. The molecule has 4 aromatic rings. The smallest absolute Gasteiger partial charge is 0.308 e. The van der Waals surface area contributed by atoms with Gasteiger partial charge in [0.2, 0.25) is 6.17 Å². The average Bonchev–Trinajstić information content (AvgIpc) is 3.12. The zero-order valence-electron chi connectivity index (χ0n) is 23.8. The zero-order valence-corrected chi connectivity index (χ0v) is 23.8. The summed E-state index contributed by atoms with van der Waals surface area (Å²) < 4.78 is 0. The molecule has 212 valence electrons. The Balaban J connectivity index is 1.47. The molecule has 4 aromatic carbocycles. The van der Waals surface area contributed by atoms with Gasteiger partial charge in [0.05, 0.1) is 17.9 Å². The fourth-order valence-electron chi connectivity index (χ4n) is 5.05. The second kappa shape index (κ2) is 13.1. The van der Waals surface area contributed by atoms with Crippen LogP contribution < -0.4 is 15.5 Å². The molecule has 0 radical (unpaired) electrons. The van der Waals surface area contributed by atoms with E-state index >= 15 is 0 Å². The highest BCUT2D eigenvalue weighted by Gasteiger charge is 2.34. The molecular weight excluding hydrogens is 524 g/mol. The molecule has 0 aliphatic carbocycles. The third-order valence-electron chi connectivity index (χ3n) is 7.30. The minimum absolute atomic E-state index is 0.197. The van der Waals surface area contributed by atoms with Crippen molar-refractivity contribution < 1.29 is 14.4 Å². The van der Waals surface area contributed by atoms with Crippen molar-refractivity contribution in [1.82, 2.24) is 5.32 Å². The highest BCUT2D eigenvalue weighted by Crippen LogP contribution is 2.29. The Labute approximate surface area is 246 Å². The van der Waals surface area contributed by atoms with Gasteiger partial charge in [0, 0.05) is 22.4 Å². The molecule has 0 spiro atoms. The molecule has 7 heteroatoms. The first kappa shape index (κ1) is 28.5. The molecule has 1 atom stereocenters. The number of nitrogens with zero attached hydrogens (tertiary/aromatic N) is 2. The van der Waals surface area contributed by atoms with E-state index in [-0.39, 0.29) is 12.3 Å². The molecule has 5 rings (SSSR count). The quantitative estimate of drug-likeness (QED) is 0.228. The molecule has 3 amide bonds. The number of nitrogens with one attached hydrogen (secondary N) is 2. The lowest BCUT2D eigenvalue weighted by Gasteiger charge is -2.25. The van der Waals surface area contributed by atoms with Crippen LogP contribution in [0.5, 0.6) is 0 Å². The molecular formula is C35H34N4O3. The summed E-state index contributed by atoms with van der Waals surface area (Å²) in [5.41, 5.74) is 5.77. The molecule has 0 saturated carbocycles. The van der Waals surface area contributed by atoms with Gasteiger partial charge in [-0.05, 0) is 49.1 Å². The largest absolute Gasteiger partial charge is 0.321 e. The maximum absolute atomic E-state index is 14.1. The number of carbonyl (C=O) groups is 3. The standard InChI is InChI=1S/C35H34N4O3/c1-3-4-13-25-19-21-27(22-20-25)36-35(42)38-33-34(41)39(23-31(40)28-16-9-8-12-24(28)2)30-18-11-10-17-29(30)32(37-33)26-14-6-5-7-15-26/h5-12,14-22,33H,3-4,13,23H2,1-2H3,(H2,36,38,42)/t33-/m1/s1. The number of rotatable bonds is 9. The number of Topliss-reactive ketones (excluding diaryl/α,β-unsaturated/α-hetero) is 1. The number of hydrogen-bond donors (Lipinski definition) is 2. The first-order valence-corrected chi connectivity index (χ1v) is 14.2. The van der Waals surface area contributed by atoms with E-state index in [9.17, 15) is 14.4 Å². The van der Waals surface area contributed by atoms with Crippen LogP contribution in [-0.4, -0.2) is 36.1 Å². The minimum Gasteiger partial charge on any atom is -0.308 e. The number of aliphatic imine (C=N–C) groups is 1. The Morgan fingerprint density at radius 1 is 0.857 bits per heavy atom. The topological polar surface area (TPSA) is 90.9 Å². The first-order chi connectivity index (χ1) is 20.4. The second-order valence-electron chi connectivity index (χ2n) is 10.3. The Bertz CT molecular complexity index is 1610. The monoisotopic (exact) mass is 558 g/mol. The molecule has 0 bridgehead atoms. The lowest BCUT2D eigenvalue weighted by atomic mass is 9.99. The number of amides is 3. The number of hydrogen-bond acceptors (Lipinski definition) is 4. The SMILES string of the molecule is CCCCc1ccc(NC(=O)N[C@H]2N=C(c3ccccc3)c3ccccc3N(CC(=O)c3ccccc3C)C2=O)cc1. The summed E-state index contributed by atoms with van der Waals surface area (Å²) in [6.07, 6.45) is 1.93. The normalized spacial score (nSPS) is 14.4. The summed E-state index contributed by atoms with van der Waals surface area (Å²) in [4.78, 5) is 47.0. The summed E-state index contributed by atoms with van der Waals surface area (Å²) in [5.74, 6) is -0.703. The Hall–Kier alpha value is -5.04. The summed E-state index contributed by atoms with van der Waals surface area (Å²) in [6, 6.07) is 31.3. The number of carbonyl (C=O) groups excluding carboxylic acids is 3. The van der Waals surface area contributed by atoms with Crippen molar-refractivity contribution in [3.63, 3.8) is 0 Å². The van der Waals surface area contributed by atoms with Gasteiger partial charge in [-0.3, -0.25) is 9.59 Å². The van der Waals surface area contributed by atoms with Gasteiger partial charge < -0.3 is 15.5 Å². The Kier molecular flexibility index (Phi) is 8.87. The Morgan fingerprint density at radius 2 is 1.55 bits per heavy atom. The molecule has 0 aromatic heterocycles. The van der Waals surface area contributed by atoms with E-state index in [1.165, 1.54) is 10.5 Å². The van der Waals surface area contributed by atoms with E-state index in [0.29, 0.717) is 28.2 Å². The number of benzodiazepines with no additional fused rings is 1. The molecule has 0 saturated heterocycles. The lowest BCUT2D eigenvalue weighted by Crippen LogP contribution is -2.50. The van der Waals surface area contributed by atoms with Crippen molar-refractivity contribution in [2.24, 2.45) is 4.99 Å². The zero-order chi connectivity index (χ0) is 29.5. The van der Waals surface area contributed by atoms with Crippen LogP contribution >= 0.6 is 0 Å². The molecule has 0 unspecified atom stereocenters. The lowest BCUT2D eigenvalue weighted by molar-refractivity contribution is -0.120. The van der Waals surface area contributed by atoms with Crippen molar-refractivity contribution >= 4 is 34.8 Å². The van der Waals surface area contributed by atoms with Crippen LogP contribution in [0.15, 0.2) is 108 Å². The molecule has 1 aliphatic heterocycles. The first-order valence-electron chi connectivity index (χ1n) is 14.2. The maximum atomic E-state index is 14.1. The second-order valence-corrected chi connectivity index (χ2v) is 10.3. The van der Waals surface area contributed by atoms with Crippen molar-refractivity contribution in [3.8, 4) is 0 Å². The predicted molar refractivity (Wildman–Crippen MR) is 167 cm³/mol. The van der Waals surface area contributed by atoms with Gasteiger partial charge in [0.25, 0.3) is 5.91 Å². The van der Waals surface area contributed by atoms with E-state index in [2.05, 4.69) is 17.6 Å². The number of anilines is 2. The fourth-order valence-corrected chi connectivity index (χ4v) is 5.05. The number of unbranched alkanes of at least 4 members (excludes halogenated alkanes) is 1. The number of para-hydroxylation sites is 1. The van der Waals surface area contributed by atoms with Crippen molar-refractivity contribution in [2.45, 2.75) is 39.3 Å². The number of benzene rings is 4.